The summed E-state index contributed by atoms with van der Waals surface area (Å²) in [5.74, 6) is -8.77. The molecule has 6 nitrogen and oxygen atoms in total. The third-order valence-corrected chi connectivity index (χ3v) is 7.56. The molecule has 0 radical (unpaired) electrons. The molecular weight excluding hydrogens is 726 g/mol. The third kappa shape index (κ3) is 11.2. The molecule has 2 N–H and O–H groups in total. The topological polar surface area (TPSA) is 92.3 Å². The first-order valence-corrected chi connectivity index (χ1v) is 15.7. The maximum Gasteiger partial charge on any atom is 0.258 e. The molecule has 0 aliphatic carbocycles. The van der Waals surface area contributed by atoms with Gasteiger partial charge in [-0.3, -0.25) is 29.8 Å². The molecule has 0 aromatic heterocycles. The van der Waals surface area contributed by atoms with E-state index in [9.17, 15) is 41.1 Å². The average Bonchev–Trinajstić information content (AvgIpc) is 3.05. The van der Waals surface area contributed by atoms with Crippen molar-refractivity contribution < 1.29 is 41.1 Å². The summed E-state index contributed by atoms with van der Waals surface area (Å²) < 4.78 is 68.9. The van der Waals surface area contributed by atoms with Crippen LogP contribution in [0.5, 0.6) is 0 Å². The van der Waals surface area contributed by atoms with Gasteiger partial charge in [-0.1, -0.05) is 60.6 Å². The Kier molecular flexibility index (Phi) is 14.1. The van der Waals surface area contributed by atoms with Gasteiger partial charge in [0.1, 0.15) is 29.1 Å². The molecular formula is C39H29Cl2F5N2O4. The minimum Gasteiger partial charge on any atom is -0.288 e. The zero-order chi connectivity index (χ0) is 38.9. The second kappa shape index (κ2) is 18.0. The van der Waals surface area contributed by atoms with Crippen molar-refractivity contribution in [3.8, 4) is 0 Å². The molecule has 0 spiro atoms. The lowest BCUT2D eigenvalue weighted by atomic mass is 10.0. The fraction of sp³-hybridized carbons (Fsp3) is 0.0769. The monoisotopic (exact) mass is 754 g/mol. The minimum absolute atomic E-state index is 0.0317. The zero-order valence-electron chi connectivity index (χ0n) is 27.8. The lowest BCUT2D eigenvalue weighted by Crippen LogP contribution is -2.31. The highest BCUT2D eigenvalue weighted by atomic mass is 35.5. The number of amides is 4. The molecule has 0 fully saturated rings. The van der Waals surface area contributed by atoms with E-state index in [0.717, 1.165) is 23.8 Å². The van der Waals surface area contributed by atoms with Crippen LogP contribution in [0.2, 0.25) is 10.0 Å². The number of hydrogen-bond acceptors (Lipinski definition) is 4. The number of halogens is 7. The predicted molar refractivity (Wildman–Crippen MR) is 192 cm³/mol. The molecule has 0 saturated carbocycles. The number of nitrogens with one attached hydrogen (secondary N) is 2. The fourth-order valence-electron chi connectivity index (χ4n) is 4.17. The number of imide groups is 2. The molecule has 4 aromatic rings. The van der Waals surface area contributed by atoms with Crippen LogP contribution in [0.3, 0.4) is 0 Å². The van der Waals surface area contributed by atoms with Gasteiger partial charge in [-0.2, -0.15) is 0 Å². The highest BCUT2D eigenvalue weighted by Gasteiger charge is 2.23. The summed E-state index contributed by atoms with van der Waals surface area (Å²) in [5, 5.41) is 5.00. The Bertz CT molecular complexity index is 2140. The normalized spacial score (nSPS) is 11.2. The van der Waals surface area contributed by atoms with Crippen molar-refractivity contribution in [2.75, 3.05) is 0 Å². The van der Waals surface area contributed by atoms with Crippen molar-refractivity contribution in [1.82, 2.24) is 10.6 Å². The highest BCUT2D eigenvalue weighted by molar-refractivity contribution is 6.32. The minimum atomic E-state index is -1.28. The molecule has 0 atom stereocenters. The predicted octanol–water partition coefficient (Wildman–Crippen LogP) is 9.20. The molecule has 13 heteroatoms. The molecule has 268 valence electrons. The largest absolute Gasteiger partial charge is 0.288 e. The van der Waals surface area contributed by atoms with Gasteiger partial charge in [-0.05, 0) is 79.9 Å². The molecule has 52 heavy (non-hydrogen) atoms. The molecule has 0 unspecified atom stereocenters. The van der Waals surface area contributed by atoms with Gasteiger partial charge in [0, 0.05) is 45.0 Å². The lowest BCUT2D eigenvalue weighted by molar-refractivity contribution is -0.126. The number of benzene rings is 4. The SMILES string of the molecule is C=C(C)C(=O)NC(=O)/C(=C/c1ccc(C)c(Cl)c1)c1ccc(F)cc1F.C=C(C)C(=O)NC(=O)/C(=C/c1ccc(Cl)cc1)c1c(F)cc(F)cc1F. The van der Waals surface area contributed by atoms with Crippen LogP contribution in [0.4, 0.5) is 22.0 Å². The fourth-order valence-corrected chi connectivity index (χ4v) is 4.48. The maximum atomic E-state index is 14.2. The number of aryl methyl sites for hydroxylation is 1. The summed E-state index contributed by atoms with van der Waals surface area (Å²) in [5.41, 5.74) is 0.375. The van der Waals surface area contributed by atoms with Crippen molar-refractivity contribution in [3.05, 3.63) is 164 Å². The zero-order valence-corrected chi connectivity index (χ0v) is 29.3. The van der Waals surface area contributed by atoms with Crippen LogP contribution in [-0.2, 0) is 19.2 Å². The third-order valence-electron chi connectivity index (χ3n) is 6.90. The molecule has 4 amide bonds. The lowest BCUT2D eigenvalue weighted by Gasteiger charge is -2.11. The second-order valence-electron chi connectivity index (χ2n) is 11.2. The van der Waals surface area contributed by atoms with Crippen LogP contribution in [0, 0.1) is 36.0 Å². The molecule has 4 rings (SSSR count). The summed E-state index contributed by atoms with van der Waals surface area (Å²) in [6, 6.07) is 14.8. The van der Waals surface area contributed by atoms with E-state index in [1.54, 1.807) is 18.2 Å². The summed E-state index contributed by atoms with van der Waals surface area (Å²) in [6.45, 7) is 11.4. The Labute approximate surface area is 306 Å². The summed E-state index contributed by atoms with van der Waals surface area (Å²) in [7, 11) is 0. The van der Waals surface area contributed by atoms with Crippen molar-refractivity contribution in [2.45, 2.75) is 20.8 Å². The number of carbonyl (C=O) groups is 4. The van der Waals surface area contributed by atoms with E-state index in [1.807, 2.05) is 12.2 Å². The van der Waals surface area contributed by atoms with E-state index in [2.05, 4.69) is 18.5 Å². The van der Waals surface area contributed by atoms with Crippen molar-refractivity contribution in [1.29, 1.82) is 0 Å². The van der Waals surface area contributed by atoms with Gasteiger partial charge in [-0.15, -0.1) is 0 Å². The summed E-state index contributed by atoms with van der Waals surface area (Å²) in [4.78, 5) is 48.4. The quantitative estimate of drug-likeness (QED) is 0.107. The van der Waals surface area contributed by atoms with E-state index in [4.69, 9.17) is 23.2 Å². The second-order valence-corrected chi connectivity index (χ2v) is 12.0. The van der Waals surface area contributed by atoms with Gasteiger partial charge in [0.2, 0.25) is 0 Å². The molecule has 0 aliphatic heterocycles. The van der Waals surface area contributed by atoms with Gasteiger partial charge >= 0.3 is 0 Å². The standard InChI is InChI=1S/C20H16ClF2NO2.C19H13ClF3NO2/c1-11(2)19(25)24-20(26)16(15-7-6-14(22)10-18(15)23)8-13-5-4-12(3)17(21)9-13;1-10(2)18(25)24-19(26)14(7-11-3-5-12(20)6-4-11)17-15(22)8-13(21)9-16(17)23/h4-10H,1H2,2-3H3,(H,24,25,26);3-9H,1H2,2H3,(H,24,25,26)/b16-8+;14-7+. The first-order chi connectivity index (χ1) is 24.4. The van der Waals surface area contributed by atoms with Crippen LogP contribution in [0.15, 0.2) is 97.1 Å². The summed E-state index contributed by atoms with van der Waals surface area (Å²) >= 11 is 11.9. The average molecular weight is 756 g/mol. The van der Waals surface area contributed by atoms with E-state index in [0.29, 0.717) is 39.4 Å². The smallest absolute Gasteiger partial charge is 0.258 e. The van der Waals surface area contributed by atoms with E-state index in [-0.39, 0.29) is 22.3 Å². The van der Waals surface area contributed by atoms with Crippen LogP contribution < -0.4 is 10.6 Å². The molecule has 0 heterocycles. The first kappa shape index (κ1) is 40.8. The molecule has 4 aromatic carbocycles. The van der Waals surface area contributed by atoms with Crippen molar-refractivity contribution in [3.63, 3.8) is 0 Å². The molecule has 0 aliphatic rings. The Morgan fingerprint density at radius 2 is 1.08 bits per heavy atom. The van der Waals surface area contributed by atoms with Gasteiger partial charge in [0.15, 0.2) is 0 Å². The van der Waals surface area contributed by atoms with Crippen LogP contribution in [0.25, 0.3) is 23.3 Å². The Balaban J connectivity index is 0.000000280. The number of carbonyl (C=O) groups excluding carboxylic acids is 4. The van der Waals surface area contributed by atoms with E-state index in [1.165, 1.54) is 44.2 Å². The highest BCUT2D eigenvalue weighted by Crippen LogP contribution is 2.27. The van der Waals surface area contributed by atoms with Gasteiger partial charge in [-0.25, -0.2) is 22.0 Å². The Morgan fingerprint density at radius 1 is 0.596 bits per heavy atom. The number of rotatable bonds is 8. The van der Waals surface area contributed by atoms with E-state index >= 15 is 0 Å². The van der Waals surface area contributed by atoms with Gasteiger partial charge < -0.3 is 0 Å². The van der Waals surface area contributed by atoms with Crippen LogP contribution >= 0.6 is 23.2 Å². The maximum absolute atomic E-state index is 14.2. The van der Waals surface area contributed by atoms with Crippen molar-refractivity contribution >= 4 is 70.1 Å². The van der Waals surface area contributed by atoms with Crippen molar-refractivity contribution in [2.24, 2.45) is 0 Å². The molecule has 0 bridgehead atoms. The Morgan fingerprint density at radius 3 is 1.58 bits per heavy atom. The van der Waals surface area contributed by atoms with Crippen LogP contribution in [0.1, 0.15) is 41.7 Å². The van der Waals surface area contributed by atoms with Gasteiger partial charge in [0.05, 0.1) is 16.7 Å². The first-order valence-electron chi connectivity index (χ1n) is 15.0. The van der Waals surface area contributed by atoms with Crippen LogP contribution in [-0.4, -0.2) is 23.6 Å². The molecule has 0 saturated heterocycles. The Hall–Kier alpha value is -5.65. The summed E-state index contributed by atoms with van der Waals surface area (Å²) in [6.07, 6.45) is 2.54. The number of hydrogen-bond donors (Lipinski definition) is 2. The van der Waals surface area contributed by atoms with Gasteiger partial charge in [0.25, 0.3) is 23.6 Å². The van der Waals surface area contributed by atoms with E-state index < -0.39 is 63.9 Å².